The molecule has 0 saturated carbocycles. The van der Waals surface area contributed by atoms with Gasteiger partial charge < -0.3 is 10.2 Å². The average Bonchev–Trinajstić information content (AvgIpc) is 2.73. The van der Waals surface area contributed by atoms with E-state index in [1.54, 1.807) is 0 Å². The maximum absolute atomic E-state index is 12.0. The highest BCUT2D eigenvalue weighted by atomic mass is 16.3. The number of hydrogen-bond acceptors (Lipinski definition) is 2. The first-order valence-electron chi connectivity index (χ1n) is 13.6. The van der Waals surface area contributed by atoms with Crippen LogP contribution in [0.1, 0.15) is 122 Å². The van der Waals surface area contributed by atoms with Crippen LogP contribution in [0.2, 0.25) is 0 Å². The van der Waals surface area contributed by atoms with Gasteiger partial charge in [0.1, 0.15) is 11.5 Å². The number of aryl methyl sites for hydroxylation is 1. The first-order chi connectivity index (χ1) is 15.6. The molecule has 4 atom stereocenters. The van der Waals surface area contributed by atoms with E-state index in [9.17, 15) is 10.2 Å². The van der Waals surface area contributed by atoms with Gasteiger partial charge >= 0.3 is 0 Å². The van der Waals surface area contributed by atoms with E-state index in [1.165, 1.54) is 30.4 Å². The number of phenols is 2. The maximum atomic E-state index is 12.0. The molecule has 33 heavy (non-hydrogen) atoms. The molecule has 1 aromatic carbocycles. The van der Waals surface area contributed by atoms with Crippen LogP contribution in [-0.4, -0.2) is 10.2 Å². The van der Waals surface area contributed by atoms with Crippen LogP contribution in [0.5, 0.6) is 11.5 Å². The maximum Gasteiger partial charge on any atom is 0.127 e. The van der Waals surface area contributed by atoms with E-state index in [4.69, 9.17) is 0 Å². The van der Waals surface area contributed by atoms with E-state index >= 15 is 0 Å². The van der Waals surface area contributed by atoms with Crippen LogP contribution in [0, 0.1) is 23.7 Å². The Bertz CT molecular complexity index is 873. The Morgan fingerprint density at radius 2 is 1.33 bits per heavy atom. The van der Waals surface area contributed by atoms with Gasteiger partial charge in [-0.05, 0) is 87.7 Å². The highest BCUT2D eigenvalue weighted by Gasteiger charge is 2.36. The van der Waals surface area contributed by atoms with E-state index in [2.05, 4.69) is 60.6 Å². The molecule has 0 unspecified atom stereocenters. The van der Waals surface area contributed by atoms with Crippen LogP contribution < -0.4 is 0 Å². The summed E-state index contributed by atoms with van der Waals surface area (Å²) in [7, 11) is 0. The molecule has 2 nitrogen and oxygen atoms in total. The third-order valence-corrected chi connectivity index (χ3v) is 8.47. The molecule has 0 saturated heterocycles. The van der Waals surface area contributed by atoms with E-state index < -0.39 is 0 Å². The van der Waals surface area contributed by atoms with Crippen LogP contribution in [-0.2, 0) is 6.42 Å². The van der Waals surface area contributed by atoms with Crippen LogP contribution in [0.3, 0.4) is 0 Å². The smallest absolute Gasteiger partial charge is 0.127 e. The van der Waals surface area contributed by atoms with Crippen molar-refractivity contribution < 1.29 is 10.2 Å². The molecule has 3 rings (SSSR count). The summed E-state index contributed by atoms with van der Waals surface area (Å²) in [6.45, 7) is 15.9. The van der Waals surface area contributed by atoms with E-state index in [0.717, 1.165) is 48.8 Å². The predicted octanol–water partition coefficient (Wildman–Crippen LogP) is 9.02. The summed E-state index contributed by atoms with van der Waals surface area (Å²) in [5.41, 5.74) is 5.84. The molecule has 0 radical (unpaired) electrons. The monoisotopic (exact) mass is 452 g/mol. The number of allylic oxidation sites excluding steroid dienone is 4. The van der Waals surface area contributed by atoms with E-state index in [-0.39, 0.29) is 11.8 Å². The Morgan fingerprint density at radius 3 is 1.82 bits per heavy atom. The minimum absolute atomic E-state index is 0.0772. The molecule has 2 aliphatic rings. The Kier molecular flexibility index (Phi) is 8.76. The Hall–Kier alpha value is -1.70. The van der Waals surface area contributed by atoms with Gasteiger partial charge in [-0.15, -0.1) is 0 Å². The fourth-order valence-corrected chi connectivity index (χ4v) is 6.48. The molecule has 0 aliphatic heterocycles. The van der Waals surface area contributed by atoms with Crippen LogP contribution in [0.4, 0.5) is 0 Å². The van der Waals surface area contributed by atoms with Crippen molar-refractivity contribution in [2.75, 3.05) is 0 Å². The number of rotatable bonds is 8. The van der Waals surface area contributed by atoms with Crippen molar-refractivity contribution in [1.82, 2.24) is 0 Å². The molecule has 0 spiro atoms. The van der Waals surface area contributed by atoms with Gasteiger partial charge in [0.25, 0.3) is 0 Å². The zero-order chi connectivity index (χ0) is 24.3. The van der Waals surface area contributed by atoms with E-state index in [0.29, 0.717) is 35.2 Å². The second kappa shape index (κ2) is 11.2. The molecule has 184 valence electrons. The predicted molar refractivity (Wildman–Crippen MR) is 141 cm³/mol. The lowest BCUT2D eigenvalue weighted by molar-refractivity contribution is 0.295. The Labute approximate surface area is 203 Å². The number of unbranched alkanes of at least 4 members (excludes halogenated alkanes) is 2. The fraction of sp³-hybridized carbons (Fsp3) is 0.677. The third-order valence-electron chi connectivity index (χ3n) is 8.47. The standard InChI is InChI=1S/C31H48O2/c1-8-9-10-11-23-18-28(32)30(27-17-22(7)13-15-25(27)20(4)5)31(33)29(23)26-16-21(6)12-14-24(26)19(2)3/h16-20,24-27,32-33H,8-15H2,1-7H3/t24-,25-,26+,27+/m0/s1. The lowest BCUT2D eigenvalue weighted by atomic mass is 9.68. The minimum Gasteiger partial charge on any atom is -0.507 e. The Morgan fingerprint density at radius 1 is 0.818 bits per heavy atom. The minimum atomic E-state index is 0.0772. The van der Waals surface area contributed by atoms with Crippen molar-refractivity contribution in [3.63, 3.8) is 0 Å². The second-order valence-electron chi connectivity index (χ2n) is 11.7. The molecule has 1 aromatic rings. The van der Waals surface area contributed by atoms with Gasteiger partial charge in [0, 0.05) is 23.0 Å². The molecule has 0 bridgehead atoms. The number of benzene rings is 1. The van der Waals surface area contributed by atoms with Gasteiger partial charge in [0.05, 0.1) is 0 Å². The molecule has 0 amide bonds. The normalized spacial score (nSPS) is 26.0. The lowest BCUT2D eigenvalue weighted by Gasteiger charge is -2.37. The topological polar surface area (TPSA) is 40.5 Å². The van der Waals surface area contributed by atoms with Gasteiger partial charge in [-0.3, -0.25) is 0 Å². The summed E-state index contributed by atoms with van der Waals surface area (Å²) >= 11 is 0. The quantitative estimate of drug-likeness (QED) is 0.305. The van der Waals surface area contributed by atoms with Crippen molar-refractivity contribution in [3.05, 3.63) is 46.1 Å². The number of aromatic hydroxyl groups is 2. The summed E-state index contributed by atoms with van der Waals surface area (Å²) in [6.07, 6.45) is 13.7. The molecule has 0 aromatic heterocycles. The highest BCUT2D eigenvalue weighted by Crippen LogP contribution is 2.52. The van der Waals surface area contributed by atoms with Crippen molar-refractivity contribution in [1.29, 1.82) is 0 Å². The number of hydrogen-bond donors (Lipinski definition) is 2. The van der Waals surface area contributed by atoms with Crippen molar-refractivity contribution in [3.8, 4) is 11.5 Å². The van der Waals surface area contributed by atoms with Gasteiger partial charge in [-0.25, -0.2) is 0 Å². The van der Waals surface area contributed by atoms with Gasteiger partial charge in [0.2, 0.25) is 0 Å². The Balaban J connectivity index is 2.21. The highest BCUT2D eigenvalue weighted by molar-refractivity contribution is 5.59. The van der Waals surface area contributed by atoms with Crippen LogP contribution >= 0.6 is 0 Å². The van der Waals surface area contributed by atoms with Crippen molar-refractivity contribution in [2.45, 2.75) is 112 Å². The average molecular weight is 453 g/mol. The largest absolute Gasteiger partial charge is 0.507 e. The molecular formula is C31H48O2. The molecule has 2 N–H and O–H groups in total. The van der Waals surface area contributed by atoms with Gasteiger partial charge in [-0.1, -0.05) is 70.8 Å². The zero-order valence-corrected chi connectivity index (χ0v) is 22.2. The summed E-state index contributed by atoms with van der Waals surface area (Å²) in [5, 5.41) is 23.3. The molecule has 0 heterocycles. The molecule has 2 heteroatoms. The SMILES string of the molecule is CCCCCc1cc(O)c([C@@H]2C=C(C)CC[C@H]2C(C)C)c(O)c1[C@@H]1C=C(C)CC[C@H]1C(C)C. The summed E-state index contributed by atoms with van der Waals surface area (Å²) in [5.74, 6) is 2.99. The van der Waals surface area contributed by atoms with E-state index in [1.807, 2.05) is 6.07 Å². The second-order valence-corrected chi connectivity index (χ2v) is 11.7. The third kappa shape index (κ3) is 5.69. The summed E-state index contributed by atoms with van der Waals surface area (Å²) in [6, 6.07) is 2.02. The summed E-state index contributed by atoms with van der Waals surface area (Å²) < 4.78 is 0. The number of phenolic OH excluding ortho intramolecular Hbond substituents is 2. The van der Waals surface area contributed by atoms with Gasteiger partial charge in [0.15, 0.2) is 0 Å². The van der Waals surface area contributed by atoms with Crippen molar-refractivity contribution in [2.24, 2.45) is 23.7 Å². The first kappa shape index (κ1) is 25.9. The van der Waals surface area contributed by atoms with Gasteiger partial charge in [-0.2, -0.15) is 0 Å². The fourth-order valence-electron chi connectivity index (χ4n) is 6.48. The molecule has 0 fully saturated rings. The molecular weight excluding hydrogens is 404 g/mol. The van der Waals surface area contributed by atoms with Crippen molar-refractivity contribution >= 4 is 0 Å². The van der Waals surface area contributed by atoms with Crippen LogP contribution in [0.15, 0.2) is 29.4 Å². The first-order valence-corrected chi connectivity index (χ1v) is 13.6. The lowest BCUT2D eigenvalue weighted by Crippen LogP contribution is -2.24. The van der Waals surface area contributed by atoms with Crippen LogP contribution in [0.25, 0.3) is 0 Å². The summed E-state index contributed by atoms with van der Waals surface area (Å²) in [4.78, 5) is 0. The molecule has 2 aliphatic carbocycles. The zero-order valence-electron chi connectivity index (χ0n) is 22.2.